The fourth-order valence-corrected chi connectivity index (χ4v) is 3.64. The molecule has 2 rings (SSSR count). The zero-order valence-corrected chi connectivity index (χ0v) is 13.4. The van der Waals surface area contributed by atoms with E-state index in [-0.39, 0.29) is 28.0 Å². The highest BCUT2D eigenvalue weighted by Crippen LogP contribution is 2.29. The molecule has 0 amide bonds. The molecule has 114 valence electrons. The smallest absolute Gasteiger partial charge is 0.242 e. The lowest BCUT2D eigenvalue weighted by molar-refractivity contribution is 0.377. The van der Waals surface area contributed by atoms with E-state index in [1.807, 2.05) is 0 Å². The Labute approximate surface area is 132 Å². The van der Waals surface area contributed by atoms with E-state index in [2.05, 4.69) is 9.88 Å². The molecule has 0 saturated heterocycles. The van der Waals surface area contributed by atoms with Gasteiger partial charge in [0.05, 0.1) is 17.3 Å². The van der Waals surface area contributed by atoms with Crippen LogP contribution in [-0.4, -0.2) is 13.6 Å². The Morgan fingerprint density at radius 1 is 1.33 bits per heavy atom. The second-order valence-electron chi connectivity index (χ2n) is 4.34. The molecule has 0 unspecified atom stereocenters. The van der Waals surface area contributed by atoms with Crippen molar-refractivity contribution in [1.29, 1.82) is 0 Å². The molecule has 0 aliphatic carbocycles. The first-order valence-electron chi connectivity index (χ1n) is 5.93. The van der Waals surface area contributed by atoms with E-state index >= 15 is 0 Å². The third kappa shape index (κ3) is 3.75. The monoisotopic (exact) mass is 349 g/mol. The Morgan fingerprint density at radius 3 is 2.62 bits per heavy atom. The molecule has 1 aromatic heterocycles. The van der Waals surface area contributed by atoms with Crippen LogP contribution < -0.4 is 10.5 Å². The van der Waals surface area contributed by atoms with Crippen molar-refractivity contribution in [3.05, 3.63) is 45.3 Å². The van der Waals surface area contributed by atoms with Gasteiger partial charge in [0.1, 0.15) is 4.90 Å². The maximum absolute atomic E-state index is 12.3. The summed E-state index contributed by atoms with van der Waals surface area (Å²) in [4.78, 5) is -0.117. The van der Waals surface area contributed by atoms with Gasteiger partial charge in [0.15, 0.2) is 5.76 Å². The zero-order chi connectivity index (χ0) is 15.6. The minimum absolute atomic E-state index is 0.0377. The number of rotatable bonds is 5. The van der Waals surface area contributed by atoms with Crippen LogP contribution in [0, 0.1) is 6.92 Å². The van der Waals surface area contributed by atoms with Crippen LogP contribution in [0.3, 0.4) is 0 Å². The molecule has 21 heavy (non-hydrogen) atoms. The highest BCUT2D eigenvalue weighted by molar-refractivity contribution is 7.89. The van der Waals surface area contributed by atoms with Crippen LogP contribution in [0.2, 0.25) is 10.0 Å². The fourth-order valence-electron chi connectivity index (χ4n) is 1.71. The number of nitrogens with two attached hydrogens (primary N) is 1. The van der Waals surface area contributed by atoms with Crippen LogP contribution >= 0.6 is 23.2 Å². The highest BCUT2D eigenvalue weighted by Gasteiger charge is 2.21. The average Bonchev–Trinajstić information content (AvgIpc) is 2.84. The van der Waals surface area contributed by atoms with E-state index in [1.165, 1.54) is 12.1 Å². The Hall–Kier alpha value is -1.12. The molecule has 0 fully saturated rings. The van der Waals surface area contributed by atoms with Gasteiger partial charge in [-0.05, 0) is 24.6 Å². The number of halogens is 2. The summed E-state index contributed by atoms with van der Waals surface area (Å²) in [5, 5.41) is 3.98. The first kappa shape index (κ1) is 16.3. The Balaban J connectivity index is 2.29. The summed E-state index contributed by atoms with van der Waals surface area (Å²) in [6, 6.07) is 4.44. The SMILES string of the molecule is Cc1cc(CNS(=O)(=O)c2cc(Cl)cc(CN)c2Cl)on1. The van der Waals surface area contributed by atoms with Crippen molar-refractivity contribution in [2.24, 2.45) is 5.73 Å². The number of aromatic nitrogens is 1. The summed E-state index contributed by atoms with van der Waals surface area (Å²) in [6.45, 7) is 1.79. The van der Waals surface area contributed by atoms with E-state index in [4.69, 9.17) is 33.5 Å². The molecule has 1 aromatic carbocycles. The van der Waals surface area contributed by atoms with E-state index in [1.54, 1.807) is 13.0 Å². The van der Waals surface area contributed by atoms with Gasteiger partial charge in [-0.2, -0.15) is 0 Å². The summed E-state index contributed by atoms with van der Waals surface area (Å²) in [5.74, 6) is 0.397. The fraction of sp³-hybridized carbons (Fsp3) is 0.250. The van der Waals surface area contributed by atoms with Gasteiger partial charge >= 0.3 is 0 Å². The molecule has 0 aliphatic rings. The van der Waals surface area contributed by atoms with Gasteiger partial charge in [-0.1, -0.05) is 28.4 Å². The van der Waals surface area contributed by atoms with Crippen molar-refractivity contribution in [2.45, 2.75) is 24.9 Å². The third-order valence-electron chi connectivity index (χ3n) is 2.70. The van der Waals surface area contributed by atoms with Crippen molar-refractivity contribution in [2.75, 3.05) is 0 Å². The lowest BCUT2D eigenvalue weighted by Gasteiger charge is -2.10. The summed E-state index contributed by atoms with van der Waals surface area (Å²) in [5.41, 5.74) is 6.64. The molecule has 9 heteroatoms. The lowest BCUT2D eigenvalue weighted by atomic mass is 10.2. The molecule has 0 atom stereocenters. The molecule has 6 nitrogen and oxygen atoms in total. The van der Waals surface area contributed by atoms with Gasteiger partial charge in [0.25, 0.3) is 0 Å². The van der Waals surface area contributed by atoms with Gasteiger partial charge in [-0.15, -0.1) is 0 Å². The van der Waals surface area contributed by atoms with Gasteiger partial charge in [-0.25, -0.2) is 13.1 Å². The van der Waals surface area contributed by atoms with Gasteiger partial charge in [-0.3, -0.25) is 0 Å². The third-order valence-corrected chi connectivity index (χ3v) is 4.90. The molecular weight excluding hydrogens is 337 g/mol. The molecule has 0 aliphatic heterocycles. The first-order chi connectivity index (χ1) is 9.83. The van der Waals surface area contributed by atoms with Crippen molar-refractivity contribution >= 4 is 33.2 Å². The molecule has 3 N–H and O–H groups in total. The van der Waals surface area contributed by atoms with Gasteiger partial charge in [0, 0.05) is 17.6 Å². The number of nitrogens with zero attached hydrogens (tertiary/aromatic N) is 1. The number of hydrogen-bond acceptors (Lipinski definition) is 5. The van der Waals surface area contributed by atoms with Crippen LogP contribution in [0.25, 0.3) is 0 Å². The molecule has 0 radical (unpaired) electrons. The number of hydrogen-bond donors (Lipinski definition) is 2. The van der Waals surface area contributed by atoms with Crippen molar-refractivity contribution < 1.29 is 12.9 Å². The van der Waals surface area contributed by atoms with E-state index < -0.39 is 10.0 Å². The zero-order valence-electron chi connectivity index (χ0n) is 11.1. The maximum Gasteiger partial charge on any atom is 0.242 e. The van der Waals surface area contributed by atoms with E-state index in [0.717, 1.165) is 0 Å². The molecule has 2 aromatic rings. The largest absolute Gasteiger partial charge is 0.360 e. The van der Waals surface area contributed by atoms with Crippen LogP contribution in [0.5, 0.6) is 0 Å². The maximum atomic E-state index is 12.3. The van der Waals surface area contributed by atoms with Crippen LogP contribution in [0.15, 0.2) is 27.6 Å². The molecular formula is C12H13Cl2N3O3S. The summed E-state index contributed by atoms with van der Waals surface area (Å²) < 4.78 is 31.9. The van der Waals surface area contributed by atoms with Gasteiger partial charge < -0.3 is 10.3 Å². The Kier molecular flexibility index (Phi) is 4.90. The minimum atomic E-state index is -3.84. The molecule has 1 heterocycles. The molecule has 0 spiro atoms. The summed E-state index contributed by atoms with van der Waals surface area (Å²) in [6.07, 6.45) is 0. The minimum Gasteiger partial charge on any atom is -0.360 e. The second kappa shape index (κ2) is 6.33. The van der Waals surface area contributed by atoms with Crippen molar-refractivity contribution in [3.63, 3.8) is 0 Å². The quantitative estimate of drug-likeness (QED) is 0.862. The van der Waals surface area contributed by atoms with E-state index in [9.17, 15) is 8.42 Å². The second-order valence-corrected chi connectivity index (χ2v) is 6.89. The predicted molar refractivity (Wildman–Crippen MR) is 79.6 cm³/mol. The van der Waals surface area contributed by atoms with E-state index in [0.29, 0.717) is 17.0 Å². The molecule has 0 bridgehead atoms. The van der Waals surface area contributed by atoms with Crippen LogP contribution in [0.4, 0.5) is 0 Å². The lowest BCUT2D eigenvalue weighted by Crippen LogP contribution is -2.23. The average molecular weight is 350 g/mol. The number of nitrogens with one attached hydrogen (secondary N) is 1. The highest BCUT2D eigenvalue weighted by atomic mass is 35.5. The molecule has 0 saturated carbocycles. The van der Waals surface area contributed by atoms with Crippen LogP contribution in [0.1, 0.15) is 17.0 Å². The van der Waals surface area contributed by atoms with Crippen molar-refractivity contribution in [1.82, 2.24) is 9.88 Å². The number of benzene rings is 1. The first-order valence-corrected chi connectivity index (χ1v) is 8.17. The number of sulfonamides is 1. The summed E-state index contributed by atoms with van der Waals surface area (Å²) >= 11 is 12.0. The normalized spacial score (nSPS) is 11.8. The van der Waals surface area contributed by atoms with Crippen LogP contribution in [-0.2, 0) is 23.1 Å². The summed E-state index contributed by atoms with van der Waals surface area (Å²) in [7, 11) is -3.84. The Morgan fingerprint density at radius 2 is 2.05 bits per heavy atom. The topological polar surface area (TPSA) is 98.2 Å². The number of aryl methyl sites for hydroxylation is 1. The van der Waals surface area contributed by atoms with Gasteiger partial charge in [0.2, 0.25) is 10.0 Å². The standard InChI is InChI=1S/C12H13Cl2N3O3S/c1-7-2-10(20-17-7)6-16-21(18,19)11-4-9(13)3-8(5-15)12(11)14/h2-4,16H,5-6,15H2,1H3. The van der Waals surface area contributed by atoms with Crippen molar-refractivity contribution in [3.8, 4) is 0 Å². The predicted octanol–water partition coefficient (Wildman–Crippen LogP) is 2.23. The Bertz CT molecular complexity index is 759.